The van der Waals surface area contributed by atoms with Crippen LogP contribution in [0.4, 0.5) is 32.0 Å². The number of anilines is 1. The third-order valence-corrected chi connectivity index (χ3v) is 10.9. The van der Waals surface area contributed by atoms with Crippen molar-refractivity contribution in [3.05, 3.63) is 99.3 Å². The van der Waals surface area contributed by atoms with Crippen molar-refractivity contribution >= 4 is 28.4 Å². The number of amides is 2. The van der Waals surface area contributed by atoms with Crippen molar-refractivity contribution in [3.8, 4) is 11.1 Å². The Bertz CT molecular complexity index is 2070. The highest BCUT2D eigenvalue weighted by molar-refractivity contribution is 6.13. The Kier molecular flexibility index (Phi) is 10.4. The quantitative estimate of drug-likeness (QED) is 0.186. The van der Waals surface area contributed by atoms with Crippen LogP contribution in [0.25, 0.3) is 22.0 Å². The van der Waals surface area contributed by atoms with Crippen LogP contribution in [0.3, 0.4) is 0 Å². The fraction of sp³-hybridized carbons (Fsp3) is 0.425. The minimum atomic E-state index is -5.06. The molecule has 7 rings (SSSR count). The lowest BCUT2D eigenvalue weighted by atomic mass is 9.93. The molecule has 286 valence electrons. The van der Waals surface area contributed by atoms with E-state index in [1.54, 1.807) is 53.4 Å². The third kappa shape index (κ3) is 7.50. The van der Waals surface area contributed by atoms with Gasteiger partial charge in [-0.2, -0.15) is 26.3 Å². The summed E-state index contributed by atoms with van der Waals surface area (Å²) in [6, 6.07) is 15.6. The minimum Gasteiger partial charge on any atom is -0.337 e. The van der Waals surface area contributed by atoms with Gasteiger partial charge in [-0.15, -0.1) is 0 Å². The van der Waals surface area contributed by atoms with E-state index in [1.165, 1.54) is 30.9 Å². The largest absolute Gasteiger partial charge is 0.416 e. The van der Waals surface area contributed by atoms with Crippen LogP contribution < -0.4 is 10.5 Å². The van der Waals surface area contributed by atoms with Crippen molar-refractivity contribution < 1.29 is 35.9 Å². The predicted molar refractivity (Wildman–Crippen MR) is 193 cm³/mol. The molecular formula is C40H41F6N5O3. The summed E-state index contributed by atoms with van der Waals surface area (Å²) >= 11 is 0. The first-order chi connectivity index (χ1) is 25.7. The number of carbonyl (C=O) groups excluding carboxylic acids is 2. The molecule has 8 nitrogen and oxygen atoms in total. The molecule has 4 heterocycles. The van der Waals surface area contributed by atoms with E-state index in [1.807, 2.05) is 0 Å². The SMILES string of the molecule is CN(Cc1cc(C(F)(F)F)cc(C(F)(F)F)c1)C(=O)c1c(-c2ccccc2)c2cccc3c2n(c1=O)CCN3C(=O)CN1CCC(N2CCCCC2)CC1. The molecule has 0 bridgehead atoms. The Balaban J connectivity index is 1.21. The van der Waals surface area contributed by atoms with Crippen LogP contribution in [0.1, 0.15) is 59.2 Å². The Morgan fingerprint density at radius 2 is 1.43 bits per heavy atom. The number of pyridine rings is 1. The molecule has 3 aliphatic rings. The fourth-order valence-corrected chi connectivity index (χ4v) is 8.26. The molecule has 1 aromatic heterocycles. The first-order valence-corrected chi connectivity index (χ1v) is 18.3. The van der Waals surface area contributed by atoms with Crippen LogP contribution in [-0.2, 0) is 30.2 Å². The number of hydrogen-bond acceptors (Lipinski definition) is 5. The molecule has 0 radical (unpaired) electrons. The topological polar surface area (TPSA) is 69.1 Å². The van der Waals surface area contributed by atoms with Gasteiger partial charge >= 0.3 is 12.4 Å². The van der Waals surface area contributed by atoms with E-state index in [-0.39, 0.29) is 42.7 Å². The average Bonchev–Trinajstić information content (AvgIpc) is 3.15. The van der Waals surface area contributed by atoms with E-state index in [0.29, 0.717) is 40.3 Å². The molecule has 0 N–H and O–H groups in total. The summed E-state index contributed by atoms with van der Waals surface area (Å²) in [6.07, 6.45) is -4.37. The van der Waals surface area contributed by atoms with E-state index in [4.69, 9.17) is 0 Å². The molecule has 2 saturated heterocycles. The van der Waals surface area contributed by atoms with Crippen LogP contribution in [0.15, 0.2) is 71.5 Å². The number of likely N-dealkylation sites (tertiary alicyclic amines) is 2. The van der Waals surface area contributed by atoms with Crippen molar-refractivity contribution in [2.75, 3.05) is 51.2 Å². The maximum atomic E-state index is 14.4. The molecule has 14 heteroatoms. The summed E-state index contributed by atoms with van der Waals surface area (Å²) < 4.78 is 83.1. The van der Waals surface area contributed by atoms with Gasteiger partial charge in [-0.1, -0.05) is 48.9 Å². The number of para-hydroxylation sites is 1. The van der Waals surface area contributed by atoms with Gasteiger partial charge < -0.3 is 19.3 Å². The summed E-state index contributed by atoms with van der Waals surface area (Å²) in [7, 11) is 1.23. The molecule has 3 aromatic carbocycles. The number of benzene rings is 3. The molecule has 54 heavy (non-hydrogen) atoms. The van der Waals surface area contributed by atoms with Crippen molar-refractivity contribution in [2.24, 2.45) is 0 Å². The number of hydrogen-bond donors (Lipinski definition) is 0. The van der Waals surface area contributed by atoms with Crippen LogP contribution in [0.2, 0.25) is 0 Å². The Morgan fingerprint density at radius 1 is 0.778 bits per heavy atom. The molecule has 0 saturated carbocycles. The first kappa shape index (κ1) is 37.6. The minimum absolute atomic E-state index is 0.0310. The fourth-order valence-electron chi connectivity index (χ4n) is 8.26. The van der Waals surface area contributed by atoms with Gasteiger partial charge in [0, 0.05) is 56.8 Å². The van der Waals surface area contributed by atoms with Gasteiger partial charge in [-0.05, 0) is 74.2 Å². The zero-order chi connectivity index (χ0) is 38.4. The van der Waals surface area contributed by atoms with Crippen LogP contribution in [0, 0.1) is 0 Å². The van der Waals surface area contributed by atoms with Gasteiger partial charge in [0.25, 0.3) is 11.5 Å². The molecule has 4 aromatic rings. The molecule has 2 fully saturated rings. The molecule has 0 atom stereocenters. The van der Waals surface area contributed by atoms with Gasteiger partial charge in [0.05, 0.1) is 28.9 Å². The average molecular weight is 754 g/mol. The van der Waals surface area contributed by atoms with Crippen molar-refractivity contribution in [1.82, 2.24) is 19.3 Å². The standard InChI is InChI=1S/C40H41F6N5O3/c1-47(24-26-21-28(39(41,42)43)23-29(22-26)40(44,45)46)37(53)35-34(27-9-4-2-5-10-27)31-11-8-12-32-36(31)51(38(35)54)20-19-50(32)33(52)25-48-17-13-30(14-18-48)49-15-6-3-7-16-49/h2,4-5,8-12,21-23,30H,3,6-7,13-20,24-25H2,1H3. The first-order valence-electron chi connectivity index (χ1n) is 18.3. The molecule has 0 unspecified atom stereocenters. The predicted octanol–water partition coefficient (Wildman–Crippen LogP) is 7.28. The number of piperidine rings is 2. The molecule has 0 aliphatic carbocycles. The Morgan fingerprint density at radius 3 is 2.06 bits per heavy atom. The third-order valence-electron chi connectivity index (χ3n) is 10.9. The second-order valence-electron chi connectivity index (χ2n) is 14.5. The summed E-state index contributed by atoms with van der Waals surface area (Å²) in [4.78, 5) is 50.0. The van der Waals surface area contributed by atoms with Gasteiger partial charge in [0.15, 0.2) is 0 Å². The van der Waals surface area contributed by atoms with E-state index >= 15 is 0 Å². The van der Waals surface area contributed by atoms with Gasteiger partial charge in [-0.25, -0.2) is 0 Å². The van der Waals surface area contributed by atoms with Crippen molar-refractivity contribution in [1.29, 1.82) is 0 Å². The van der Waals surface area contributed by atoms with Gasteiger partial charge in [0.1, 0.15) is 5.56 Å². The summed E-state index contributed by atoms with van der Waals surface area (Å²) in [6.45, 7) is 3.75. The molecular weight excluding hydrogens is 712 g/mol. The lowest BCUT2D eigenvalue weighted by Crippen LogP contribution is -2.50. The smallest absolute Gasteiger partial charge is 0.337 e. The van der Waals surface area contributed by atoms with Crippen LogP contribution >= 0.6 is 0 Å². The summed E-state index contributed by atoms with van der Waals surface area (Å²) in [5.74, 6) is -0.967. The summed E-state index contributed by atoms with van der Waals surface area (Å²) in [5, 5.41) is 0.508. The maximum absolute atomic E-state index is 14.4. The second kappa shape index (κ2) is 14.9. The number of aromatic nitrogens is 1. The monoisotopic (exact) mass is 753 g/mol. The van der Waals surface area contributed by atoms with Gasteiger partial charge in [-0.3, -0.25) is 19.3 Å². The number of rotatable bonds is 7. The van der Waals surface area contributed by atoms with Crippen LogP contribution in [-0.4, -0.2) is 83.4 Å². The highest BCUT2D eigenvalue weighted by atomic mass is 19.4. The lowest BCUT2D eigenvalue weighted by molar-refractivity contribution is -0.143. The van der Waals surface area contributed by atoms with Gasteiger partial charge in [0.2, 0.25) is 5.91 Å². The zero-order valence-electron chi connectivity index (χ0n) is 29.8. The molecule has 2 amide bonds. The highest BCUT2D eigenvalue weighted by Gasteiger charge is 2.38. The van der Waals surface area contributed by atoms with E-state index in [2.05, 4.69) is 9.80 Å². The number of alkyl halides is 6. The molecule has 3 aliphatic heterocycles. The number of nitrogens with zero attached hydrogens (tertiary/aromatic N) is 5. The van der Waals surface area contributed by atoms with E-state index in [0.717, 1.165) is 43.9 Å². The molecule has 0 spiro atoms. The normalized spacial score (nSPS) is 17.6. The lowest BCUT2D eigenvalue weighted by Gasteiger charge is -2.40. The number of carbonyl (C=O) groups is 2. The summed E-state index contributed by atoms with van der Waals surface area (Å²) in [5.41, 5.74) is -2.57. The van der Waals surface area contributed by atoms with Crippen molar-refractivity contribution in [2.45, 2.75) is 63.6 Å². The number of halogens is 6. The Hall–Kier alpha value is -4.69. The second-order valence-corrected chi connectivity index (χ2v) is 14.5. The highest BCUT2D eigenvalue weighted by Crippen LogP contribution is 2.39. The van der Waals surface area contributed by atoms with E-state index in [9.17, 15) is 40.7 Å². The van der Waals surface area contributed by atoms with Crippen LogP contribution in [0.5, 0.6) is 0 Å². The maximum Gasteiger partial charge on any atom is 0.416 e. The van der Waals surface area contributed by atoms with Crippen molar-refractivity contribution in [3.63, 3.8) is 0 Å². The Labute approximate surface area is 308 Å². The van der Waals surface area contributed by atoms with E-state index < -0.39 is 47.1 Å². The zero-order valence-corrected chi connectivity index (χ0v) is 29.8.